The van der Waals surface area contributed by atoms with Crippen LogP contribution in [-0.2, 0) is 9.59 Å². The summed E-state index contributed by atoms with van der Waals surface area (Å²) >= 11 is 0. The van der Waals surface area contributed by atoms with Crippen LogP contribution in [0.5, 0.6) is 0 Å². The average molecular weight is 197 g/mol. The lowest BCUT2D eigenvalue weighted by Crippen LogP contribution is -2.42. The minimum Gasteiger partial charge on any atom is -0.335 e. The highest BCUT2D eigenvalue weighted by molar-refractivity contribution is 5.85. The highest BCUT2D eigenvalue weighted by atomic mass is 16.2. The fraction of sp³-hybridized carbons (Fsp3) is 0.818. The Hall–Kier alpha value is -0.860. The van der Waals surface area contributed by atoms with E-state index >= 15 is 0 Å². The Morgan fingerprint density at radius 3 is 2.64 bits per heavy atom. The van der Waals surface area contributed by atoms with Crippen LogP contribution in [-0.4, -0.2) is 29.7 Å². The molecule has 1 heterocycles. The van der Waals surface area contributed by atoms with Crippen molar-refractivity contribution in [1.29, 1.82) is 0 Å². The minimum atomic E-state index is 0.0707. The first kappa shape index (κ1) is 11.2. The third kappa shape index (κ3) is 2.82. The maximum absolute atomic E-state index is 11.6. The number of carbonyl (C=O) groups is 2. The van der Waals surface area contributed by atoms with Crippen molar-refractivity contribution in [2.24, 2.45) is 11.8 Å². The summed E-state index contributed by atoms with van der Waals surface area (Å²) in [6, 6.07) is 0. The molecular formula is C11H19NO2. The molecule has 1 rings (SSSR count). The molecule has 1 aliphatic heterocycles. The number of carbonyl (C=O) groups excluding carboxylic acids is 2. The van der Waals surface area contributed by atoms with Crippen LogP contribution >= 0.6 is 0 Å². The fourth-order valence-corrected chi connectivity index (χ4v) is 1.91. The lowest BCUT2D eigenvalue weighted by molar-refractivity contribution is -0.138. The van der Waals surface area contributed by atoms with Gasteiger partial charge in [-0.1, -0.05) is 13.8 Å². The third-order valence-electron chi connectivity index (χ3n) is 2.92. The van der Waals surface area contributed by atoms with Crippen molar-refractivity contribution in [1.82, 2.24) is 4.90 Å². The number of nitrogens with zero attached hydrogens (tertiary/aromatic N) is 1. The zero-order valence-electron chi connectivity index (χ0n) is 9.25. The number of piperidine rings is 1. The van der Waals surface area contributed by atoms with Crippen molar-refractivity contribution in [2.45, 2.75) is 33.6 Å². The van der Waals surface area contributed by atoms with Gasteiger partial charge in [0, 0.05) is 13.0 Å². The lowest BCUT2D eigenvalue weighted by atomic mass is 9.86. The number of Topliss-reactive ketones (excluding diaryl/α,β-unsaturated/α-hetero) is 1. The van der Waals surface area contributed by atoms with Crippen molar-refractivity contribution < 1.29 is 9.59 Å². The van der Waals surface area contributed by atoms with Gasteiger partial charge in [0.1, 0.15) is 5.78 Å². The van der Waals surface area contributed by atoms with Gasteiger partial charge >= 0.3 is 0 Å². The number of hydrogen-bond acceptors (Lipinski definition) is 2. The number of amides is 1. The van der Waals surface area contributed by atoms with Gasteiger partial charge in [0.05, 0.1) is 6.54 Å². The minimum absolute atomic E-state index is 0.0707. The second-order valence-electron chi connectivity index (χ2n) is 4.51. The predicted molar refractivity (Wildman–Crippen MR) is 54.8 cm³/mol. The van der Waals surface area contributed by atoms with Gasteiger partial charge in [0.15, 0.2) is 0 Å². The maximum Gasteiger partial charge on any atom is 0.223 e. The van der Waals surface area contributed by atoms with Crippen molar-refractivity contribution in [3.8, 4) is 0 Å². The van der Waals surface area contributed by atoms with Gasteiger partial charge in [-0.25, -0.2) is 0 Å². The SMILES string of the molecule is CC(=O)CN1CCC(C(C)C)CC1=O. The first-order chi connectivity index (χ1) is 6.50. The van der Waals surface area contributed by atoms with Crippen LogP contribution in [0.15, 0.2) is 0 Å². The fourth-order valence-electron chi connectivity index (χ4n) is 1.91. The zero-order valence-corrected chi connectivity index (χ0v) is 9.25. The molecule has 1 unspecified atom stereocenters. The summed E-state index contributed by atoms with van der Waals surface area (Å²) in [5.41, 5.74) is 0. The van der Waals surface area contributed by atoms with Crippen LogP contribution < -0.4 is 0 Å². The largest absolute Gasteiger partial charge is 0.335 e. The molecule has 3 heteroatoms. The summed E-state index contributed by atoms with van der Waals surface area (Å²) < 4.78 is 0. The van der Waals surface area contributed by atoms with E-state index in [1.165, 1.54) is 6.92 Å². The van der Waals surface area contributed by atoms with E-state index in [0.29, 0.717) is 24.8 Å². The Labute approximate surface area is 85.5 Å². The second kappa shape index (κ2) is 4.58. The monoisotopic (exact) mass is 197 g/mol. The molecule has 1 aliphatic rings. The van der Waals surface area contributed by atoms with Crippen molar-refractivity contribution in [3.63, 3.8) is 0 Å². The third-order valence-corrected chi connectivity index (χ3v) is 2.92. The molecule has 1 saturated heterocycles. The molecule has 0 N–H and O–H groups in total. The molecule has 80 valence electrons. The molecular weight excluding hydrogens is 178 g/mol. The molecule has 14 heavy (non-hydrogen) atoms. The van der Waals surface area contributed by atoms with Gasteiger partial charge in [-0.3, -0.25) is 9.59 Å². The predicted octanol–water partition coefficient (Wildman–Crippen LogP) is 1.47. The summed E-state index contributed by atoms with van der Waals surface area (Å²) in [5, 5.41) is 0. The molecule has 0 spiro atoms. The normalized spacial score (nSPS) is 23.0. The van der Waals surface area contributed by atoms with Crippen LogP contribution in [0.3, 0.4) is 0 Å². The van der Waals surface area contributed by atoms with Gasteiger partial charge < -0.3 is 4.90 Å². The molecule has 0 saturated carbocycles. The van der Waals surface area contributed by atoms with Gasteiger partial charge in [0.2, 0.25) is 5.91 Å². The Bertz CT molecular complexity index is 235. The van der Waals surface area contributed by atoms with Gasteiger partial charge in [0.25, 0.3) is 0 Å². The molecule has 0 bridgehead atoms. The van der Waals surface area contributed by atoms with Crippen LogP contribution in [0.1, 0.15) is 33.6 Å². The van der Waals surface area contributed by atoms with Gasteiger partial charge in [-0.2, -0.15) is 0 Å². The Morgan fingerprint density at radius 2 is 2.21 bits per heavy atom. The second-order valence-corrected chi connectivity index (χ2v) is 4.51. The molecule has 0 aromatic heterocycles. The van der Waals surface area contributed by atoms with Crippen LogP contribution in [0.25, 0.3) is 0 Å². The highest BCUT2D eigenvalue weighted by Crippen LogP contribution is 2.24. The number of rotatable bonds is 3. The van der Waals surface area contributed by atoms with Crippen molar-refractivity contribution in [2.75, 3.05) is 13.1 Å². The van der Waals surface area contributed by atoms with Gasteiger partial charge in [-0.15, -0.1) is 0 Å². The standard InChI is InChI=1S/C11H19NO2/c1-8(2)10-4-5-12(7-9(3)13)11(14)6-10/h8,10H,4-7H2,1-3H3. The summed E-state index contributed by atoms with van der Waals surface area (Å²) in [4.78, 5) is 24.2. The van der Waals surface area contributed by atoms with E-state index < -0.39 is 0 Å². The molecule has 1 amide bonds. The Morgan fingerprint density at radius 1 is 1.57 bits per heavy atom. The zero-order chi connectivity index (χ0) is 10.7. The molecule has 3 nitrogen and oxygen atoms in total. The van der Waals surface area contributed by atoms with Crippen LogP contribution in [0, 0.1) is 11.8 Å². The van der Waals surface area contributed by atoms with E-state index in [2.05, 4.69) is 13.8 Å². The summed E-state index contributed by atoms with van der Waals surface area (Å²) in [6.07, 6.45) is 1.65. The summed E-state index contributed by atoms with van der Waals surface area (Å²) in [5.74, 6) is 1.29. The molecule has 1 atom stereocenters. The molecule has 0 radical (unpaired) electrons. The smallest absolute Gasteiger partial charge is 0.223 e. The molecule has 0 aliphatic carbocycles. The number of likely N-dealkylation sites (tertiary alicyclic amines) is 1. The lowest BCUT2D eigenvalue weighted by Gasteiger charge is -2.32. The van der Waals surface area contributed by atoms with Crippen LogP contribution in [0.4, 0.5) is 0 Å². The van der Waals surface area contributed by atoms with E-state index in [-0.39, 0.29) is 11.7 Å². The van der Waals surface area contributed by atoms with Crippen LogP contribution in [0.2, 0.25) is 0 Å². The van der Waals surface area contributed by atoms with E-state index in [0.717, 1.165) is 13.0 Å². The first-order valence-corrected chi connectivity index (χ1v) is 5.28. The highest BCUT2D eigenvalue weighted by Gasteiger charge is 2.27. The van der Waals surface area contributed by atoms with Gasteiger partial charge in [-0.05, 0) is 25.2 Å². The average Bonchev–Trinajstić information content (AvgIpc) is 2.07. The van der Waals surface area contributed by atoms with Crippen molar-refractivity contribution in [3.05, 3.63) is 0 Å². The van der Waals surface area contributed by atoms with E-state index in [9.17, 15) is 9.59 Å². The van der Waals surface area contributed by atoms with E-state index in [4.69, 9.17) is 0 Å². The molecule has 0 aromatic rings. The summed E-state index contributed by atoms with van der Waals surface area (Å²) in [6.45, 7) is 6.88. The molecule has 1 fully saturated rings. The number of hydrogen-bond donors (Lipinski definition) is 0. The first-order valence-electron chi connectivity index (χ1n) is 5.28. The maximum atomic E-state index is 11.6. The quantitative estimate of drug-likeness (QED) is 0.687. The van der Waals surface area contributed by atoms with Crippen molar-refractivity contribution >= 4 is 11.7 Å². The van der Waals surface area contributed by atoms with E-state index in [1.807, 2.05) is 0 Å². The van der Waals surface area contributed by atoms with E-state index in [1.54, 1.807) is 4.90 Å². The number of ketones is 1. The topological polar surface area (TPSA) is 37.4 Å². The summed E-state index contributed by atoms with van der Waals surface area (Å²) in [7, 11) is 0. The Balaban J connectivity index is 2.48. The molecule has 0 aromatic carbocycles. The Kier molecular flexibility index (Phi) is 3.67.